The molecule has 0 N–H and O–H groups in total. The summed E-state index contributed by atoms with van der Waals surface area (Å²) in [7, 11) is 0. The second kappa shape index (κ2) is 8.80. The Morgan fingerprint density at radius 1 is 1.25 bits per heavy atom. The predicted molar refractivity (Wildman–Crippen MR) is 115 cm³/mol. The van der Waals surface area contributed by atoms with Gasteiger partial charge in [-0.05, 0) is 39.0 Å². The average molecular weight is 415 g/mol. The van der Waals surface area contributed by atoms with Gasteiger partial charge in [0.15, 0.2) is 16.8 Å². The molecule has 0 aliphatic rings. The van der Waals surface area contributed by atoms with Crippen LogP contribution in [-0.4, -0.2) is 30.9 Å². The summed E-state index contributed by atoms with van der Waals surface area (Å²) in [5.74, 6) is 1.15. The van der Waals surface area contributed by atoms with Gasteiger partial charge in [0.05, 0.1) is 5.75 Å². The van der Waals surface area contributed by atoms with Gasteiger partial charge in [0.2, 0.25) is 0 Å². The van der Waals surface area contributed by atoms with Crippen molar-refractivity contribution >= 4 is 29.1 Å². The third-order valence-corrected chi connectivity index (χ3v) is 5.84. The Hall–Kier alpha value is -2.31. The maximum Gasteiger partial charge on any atom is 0.191 e. The monoisotopic (exact) mass is 414 g/mol. The summed E-state index contributed by atoms with van der Waals surface area (Å²) in [6.45, 7) is 11.2. The first kappa shape index (κ1) is 20.4. The topological polar surface area (TPSA) is 52.7 Å². The van der Waals surface area contributed by atoms with Crippen molar-refractivity contribution < 1.29 is 4.79 Å². The van der Waals surface area contributed by atoms with Crippen molar-refractivity contribution in [2.45, 2.75) is 39.0 Å². The maximum absolute atomic E-state index is 12.8. The highest BCUT2D eigenvalue weighted by Gasteiger charge is 2.18. The van der Waals surface area contributed by atoms with Gasteiger partial charge in [0.1, 0.15) is 0 Å². The first-order valence-corrected chi connectivity index (χ1v) is 10.4. The minimum absolute atomic E-state index is 0.0865. The number of aromatic nitrogens is 4. The van der Waals surface area contributed by atoms with Crippen molar-refractivity contribution in [2.24, 2.45) is 0 Å². The molecule has 146 valence electrons. The molecule has 0 unspecified atom stereocenters. The number of ketones is 1. The van der Waals surface area contributed by atoms with Crippen LogP contribution in [0.3, 0.4) is 0 Å². The predicted octanol–water partition coefficient (Wildman–Crippen LogP) is 5.20. The van der Waals surface area contributed by atoms with Crippen LogP contribution in [0.25, 0.3) is 11.4 Å². The fourth-order valence-corrected chi connectivity index (χ4v) is 4.30. The van der Waals surface area contributed by atoms with E-state index in [2.05, 4.69) is 21.3 Å². The van der Waals surface area contributed by atoms with E-state index in [4.69, 9.17) is 11.6 Å². The molecule has 0 aliphatic heterocycles. The highest BCUT2D eigenvalue weighted by molar-refractivity contribution is 7.99. The third kappa shape index (κ3) is 4.08. The van der Waals surface area contributed by atoms with E-state index < -0.39 is 0 Å². The van der Waals surface area contributed by atoms with Crippen LogP contribution in [0.5, 0.6) is 0 Å². The first-order chi connectivity index (χ1) is 13.5. The molecule has 3 rings (SSSR count). The van der Waals surface area contributed by atoms with Crippen LogP contribution in [0, 0.1) is 13.8 Å². The van der Waals surface area contributed by atoms with Crippen molar-refractivity contribution in [1.29, 1.82) is 0 Å². The zero-order valence-electron chi connectivity index (χ0n) is 16.3. The van der Waals surface area contributed by atoms with Crippen LogP contribution in [0.4, 0.5) is 0 Å². The van der Waals surface area contributed by atoms with Crippen LogP contribution < -0.4 is 0 Å². The number of aryl methyl sites for hydroxylation is 1. The molecule has 3 aromatic rings. The lowest BCUT2D eigenvalue weighted by molar-refractivity contribution is 0.102. The average Bonchev–Trinajstić information content (AvgIpc) is 3.22. The second-order valence-electron chi connectivity index (χ2n) is 6.46. The highest BCUT2D eigenvalue weighted by Crippen LogP contribution is 2.27. The smallest absolute Gasteiger partial charge is 0.191 e. The van der Waals surface area contributed by atoms with Gasteiger partial charge in [-0.2, -0.15) is 0 Å². The van der Waals surface area contributed by atoms with E-state index in [1.54, 1.807) is 0 Å². The Labute approximate surface area is 174 Å². The van der Waals surface area contributed by atoms with E-state index in [0.717, 1.165) is 33.5 Å². The van der Waals surface area contributed by atoms with Gasteiger partial charge in [0.25, 0.3) is 0 Å². The Kier molecular flexibility index (Phi) is 6.42. The molecule has 0 fully saturated rings. The van der Waals surface area contributed by atoms with Crippen molar-refractivity contribution in [3.05, 3.63) is 65.0 Å². The molecule has 0 aliphatic carbocycles. The van der Waals surface area contributed by atoms with Crippen LogP contribution in [0.1, 0.15) is 28.7 Å². The Bertz CT molecular complexity index is 1020. The number of halogens is 1. The molecule has 2 heterocycles. The largest absolute Gasteiger partial charge is 0.345 e. The molecular weight excluding hydrogens is 392 g/mol. The maximum atomic E-state index is 12.8. The number of Topliss-reactive ketones (excluding diaryl/α,β-unsaturated/α-hetero) is 1. The SMILES string of the molecule is C=CCn1c(C)cc(C(=O)CSc2nnc(-c3cccc(Cl)c3)n2CC)c1C. The molecule has 0 bridgehead atoms. The molecular formula is C21H23ClN4OS. The Morgan fingerprint density at radius 2 is 2.04 bits per heavy atom. The lowest BCUT2D eigenvalue weighted by Crippen LogP contribution is -2.07. The van der Waals surface area contributed by atoms with Crippen LogP contribution in [0.2, 0.25) is 5.02 Å². The Morgan fingerprint density at radius 3 is 2.71 bits per heavy atom. The van der Waals surface area contributed by atoms with Crippen LogP contribution in [-0.2, 0) is 13.1 Å². The first-order valence-electron chi connectivity index (χ1n) is 9.09. The summed E-state index contributed by atoms with van der Waals surface area (Å²) in [6, 6.07) is 9.49. The molecule has 0 spiro atoms. The van der Waals surface area contributed by atoms with E-state index in [0.29, 0.717) is 23.9 Å². The number of carbonyl (C=O) groups excluding carboxylic acids is 1. The number of hydrogen-bond acceptors (Lipinski definition) is 4. The van der Waals surface area contributed by atoms with E-state index in [-0.39, 0.29) is 5.78 Å². The standard InChI is InChI=1S/C21H23ClN4OS/c1-5-10-26-14(3)11-18(15(26)4)19(27)13-28-21-24-23-20(25(21)6-2)16-8-7-9-17(22)12-16/h5,7-9,11-12H,1,6,10,13H2,2-4H3. The summed E-state index contributed by atoms with van der Waals surface area (Å²) in [6.07, 6.45) is 1.84. The molecule has 0 atom stereocenters. The lowest BCUT2D eigenvalue weighted by Gasteiger charge is -2.08. The number of carbonyl (C=O) groups is 1. The van der Waals surface area contributed by atoms with E-state index in [1.807, 2.05) is 61.7 Å². The zero-order chi connectivity index (χ0) is 20.3. The number of nitrogens with zero attached hydrogens (tertiary/aromatic N) is 4. The number of allylic oxidation sites excluding steroid dienone is 1. The summed E-state index contributed by atoms with van der Waals surface area (Å²) in [4.78, 5) is 12.8. The number of thioether (sulfide) groups is 1. The molecule has 28 heavy (non-hydrogen) atoms. The minimum Gasteiger partial charge on any atom is -0.345 e. The third-order valence-electron chi connectivity index (χ3n) is 4.63. The van der Waals surface area contributed by atoms with Crippen molar-refractivity contribution in [1.82, 2.24) is 19.3 Å². The van der Waals surface area contributed by atoms with Gasteiger partial charge in [-0.15, -0.1) is 16.8 Å². The van der Waals surface area contributed by atoms with Gasteiger partial charge in [0, 0.05) is 40.6 Å². The van der Waals surface area contributed by atoms with E-state index in [9.17, 15) is 4.79 Å². The van der Waals surface area contributed by atoms with E-state index >= 15 is 0 Å². The van der Waals surface area contributed by atoms with Gasteiger partial charge >= 0.3 is 0 Å². The summed E-state index contributed by atoms with van der Waals surface area (Å²) >= 11 is 7.51. The molecule has 0 saturated heterocycles. The van der Waals surface area contributed by atoms with Crippen molar-refractivity contribution in [3.63, 3.8) is 0 Å². The second-order valence-corrected chi connectivity index (χ2v) is 7.84. The molecule has 0 amide bonds. The lowest BCUT2D eigenvalue weighted by atomic mass is 10.2. The van der Waals surface area contributed by atoms with Crippen LogP contribution in [0.15, 0.2) is 48.1 Å². The summed E-state index contributed by atoms with van der Waals surface area (Å²) in [5.41, 5.74) is 3.70. The number of benzene rings is 1. The quantitative estimate of drug-likeness (QED) is 0.289. The Balaban J connectivity index is 1.79. The van der Waals surface area contributed by atoms with Crippen LogP contribution >= 0.6 is 23.4 Å². The molecule has 0 radical (unpaired) electrons. The minimum atomic E-state index is 0.0865. The zero-order valence-corrected chi connectivity index (χ0v) is 17.8. The summed E-state index contributed by atoms with van der Waals surface area (Å²) in [5, 5.41) is 9.99. The fourth-order valence-electron chi connectivity index (χ4n) is 3.22. The van der Waals surface area contributed by atoms with Gasteiger partial charge in [-0.3, -0.25) is 4.79 Å². The van der Waals surface area contributed by atoms with Crippen molar-refractivity contribution in [3.8, 4) is 11.4 Å². The van der Waals surface area contributed by atoms with Gasteiger partial charge in [-0.25, -0.2) is 0 Å². The highest BCUT2D eigenvalue weighted by atomic mass is 35.5. The molecule has 2 aromatic heterocycles. The fraction of sp³-hybridized carbons (Fsp3) is 0.286. The molecule has 5 nitrogen and oxygen atoms in total. The van der Waals surface area contributed by atoms with E-state index in [1.165, 1.54) is 11.8 Å². The van der Waals surface area contributed by atoms with Gasteiger partial charge in [-0.1, -0.05) is 41.6 Å². The van der Waals surface area contributed by atoms with Crippen molar-refractivity contribution in [2.75, 3.05) is 5.75 Å². The number of hydrogen-bond donors (Lipinski definition) is 0. The molecule has 1 aromatic carbocycles. The normalized spacial score (nSPS) is 11.0. The molecule has 7 heteroatoms. The number of rotatable bonds is 8. The van der Waals surface area contributed by atoms with Gasteiger partial charge < -0.3 is 9.13 Å². The summed E-state index contributed by atoms with van der Waals surface area (Å²) < 4.78 is 4.10. The molecule has 0 saturated carbocycles.